The van der Waals surface area contributed by atoms with Gasteiger partial charge in [-0.15, -0.1) is 0 Å². The molecule has 3 aromatic rings. The monoisotopic (exact) mass is 397 g/mol. The number of amides is 1. The molecule has 0 aliphatic heterocycles. The molecule has 0 aliphatic rings. The molecule has 1 amide bonds. The van der Waals surface area contributed by atoms with Crippen molar-refractivity contribution in [1.82, 2.24) is 19.9 Å². The van der Waals surface area contributed by atoms with Crippen molar-refractivity contribution in [1.29, 1.82) is 0 Å². The van der Waals surface area contributed by atoms with Gasteiger partial charge in [0.1, 0.15) is 16.9 Å². The highest BCUT2D eigenvalue weighted by Crippen LogP contribution is 2.28. The van der Waals surface area contributed by atoms with Gasteiger partial charge >= 0.3 is 0 Å². The van der Waals surface area contributed by atoms with Gasteiger partial charge in [-0.05, 0) is 38.8 Å². The Morgan fingerprint density at radius 3 is 2.59 bits per heavy atom. The van der Waals surface area contributed by atoms with Crippen LogP contribution in [0.15, 0.2) is 24.3 Å². The Kier molecular flexibility index (Phi) is 7.04. The minimum absolute atomic E-state index is 0.186. The Morgan fingerprint density at radius 1 is 1.17 bits per heavy atom. The van der Waals surface area contributed by atoms with E-state index in [1.54, 1.807) is 0 Å². The Labute approximate surface area is 171 Å². The van der Waals surface area contributed by atoms with Crippen LogP contribution < -0.4 is 11.1 Å². The second-order valence-electron chi connectivity index (χ2n) is 7.53. The summed E-state index contributed by atoms with van der Waals surface area (Å²) in [5.74, 6) is 0.221. The topological polar surface area (TPSA) is 95.1 Å². The number of hydrogen-bond donors (Lipinski definition) is 2. The SMILES string of the molecule is CCCCCn1c(N)c(C(=O)NCCCOC(C)C)c2nc3ccccc3nc21. The van der Waals surface area contributed by atoms with Gasteiger partial charge in [-0.2, -0.15) is 0 Å². The number of fused-ring (bicyclic) bond motifs is 2. The zero-order valence-electron chi connectivity index (χ0n) is 17.6. The molecule has 0 saturated carbocycles. The highest BCUT2D eigenvalue weighted by molar-refractivity contribution is 6.10. The van der Waals surface area contributed by atoms with E-state index in [-0.39, 0.29) is 12.0 Å². The lowest BCUT2D eigenvalue weighted by atomic mass is 10.2. The predicted molar refractivity (Wildman–Crippen MR) is 117 cm³/mol. The smallest absolute Gasteiger partial charge is 0.257 e. The van der Waals surface area contributed by atoms with Gasteiger partial charge in [-0.3, -0.25) is 4.79 Å². The first-order valence-corrected chi connectivity index (χ1v) is 10.5. The lowest BCUT2D eigenvalue weighted by molar-refractivity contribution is 0.0757. The van der Waals surface area contributed by atoms with Crippen LogP contribution in [0.4, 0.5) is 5.82 Å². The quantitative estimate of drug-likeness (QED) is 0.506. The molecule has 1 aromatic carbocycles. The number of rotatable bonds is 10. The van der Waals surface area contributed by atoms with Gasteiger partial charge in [-0.1, -0.05) is 31.9 Å². The Hall–Kier alpha value is -2.67. The first kappa shape index (κ1) is 21.0. The van der Waals surface area contributed by atoms with Crippen molar-refractivity contribution in [2.75, 3.05) is 18.9 Å². The summed E-state index contributed by atoms with van der Waals surface area (Å²) in [5.41, 5.74) is 9.63. The fourth-order valence-corrected chi connectivity index (χ4v) is 3.37. The van der Waals surface area contributed by atoms with Gasteiger partial charge in [0.2, 0.25) is 0 Å². The molecule has 2 heterocycles. The van der Waals surface area contributed by atoms with Gasteiger partial charge in [0.05, 0.1) is 17.1 Å². The number of benzene rings is 1. The van der Waals surface area contributed by atoms with Crippen LogP contribution in [0.1, 0.15) is 56.8 Å². The minimum atomic E-state index is -0.212. The number of carbonyl (C=O) groups is 1. The van der Waals surface area contributed by atoms with Crippen LogP contribution in [0.2, 0.25) is 0 Å². The number of nitrogens with zero attached hydrogens (tertiary/aromatic N) is 3. The number of carbonyl (C=O) groups excluding carboxylic acids is 1. The number of para-hydroxylation sites is 2. The lowest BCUT2D eigenvalue weighted by Gasteiger charge is -2.09. The molecule has 0 unspecified atom stereocenters. The van der Waals surface area contributed by atoms with E-state index >= 15 is 0 Å². The van der Waals surface area contributed by atoms with Crippen molar-refractivity contribution in [3.8, 4) is 0 Å². The van der Waals surface area contributed by atoms with Crippen LogP contribution in [0.25, 0.3) is 22.2 Å². The average molecular weight is 398 g/mol. The summed E-state index contributed by atoms with van der Waals surface area (Å²) in [4.78, 5) is 22.4. The number of nitrogens with one attached hydrogen (secondary N) is 1. The standard InChI is InChI=1S/C22H31N5O2/c1-4-5-8-13-27-20(23)18(22(28)24-12-9-14-29-15(2)3)19-21(27)26-17-11-7-6-10-16(17)25-19/h6-7,10-11,15H,4-5,8-9,12-14,23H2,1-3H3,(H,24,28). The Bertz CT molecular complexity index is 980. The molecule has 156 valence electrons. The van der Waals surface area contributed by atoms with Gasteiger partial charge < -0.3 is 20.4 Å². The van der Waals surface area contributed by atoms with E-state index < -0.39 is 0 Å². The van der Waals surface area contributed by atoms with Crippen molar-refractivity contribution in [2.24, 2.45) is 0 Å². The van der Waals surface area contributed by atoms with Crippen LogP contribution in [0, 0.1) is 0 Å². The number of ether oxygens (including phenoxy) is 1. The molecule has 7 heteroatoms. The van der Waals surface area contributed by atoms with Gasteiger partial charge in [0.15, 0.2) is 5.65 Å². The van der Waals surface area contributed by atoms with Crippen LogP contribution in [0.3, 0.4) is 0 Å². The van der Waals surface area contributed by atoms with E-state index in [1.807, 2.05) is 42.7 Å². The number of anilines is 1. The molecule has 0 aliphatic carbocycles. The fraction of sp³-hybridized carbons (Fsp3) is 0.500. The summed E-state index contributed by atoms with van der Waals surface area (Å²) >= 11 is 0. The van der Waals surface area contributed by atoms with Crippen LogP contribution in [-0.4, -0.2) is 39.7 Å². The van der Waals surface area contributed by atoms with Crippen molar-refractivity contribution < 1.29 is 9.53 Å². The maximum atomic E-state index is 12.9. The van der Waals surface area contributed by atoms with E-state index in [2.05, 4.69) is 12.2 Å². The predicted octanol–water partition coefficient (Wildman–Crippen LogP) is 3.90. The minimum Gasteiger partial charge on any atom is -0.384 e. The molecule has 0 radical (unpaired) electrons. The first-order chi connectivity index (χ1) is 14.0. The molecule has 7 nitrogen and oxygen atoms in total. The molecule has 29 heavy (non-hydrogen) atoms. The molecule has 2 aromatic heterocycles. The summed E-state index contributed by atoms with van der Waals surface area (Å²) in [6.07, 6.45) is 4.11. The molecule has 0 atom stereocenters. The van der Waals surface area contributed by atoms with E-state index in [0.29, 0.717) is 35.7 Å². The molecule has 0 spiro atoms. The Balaban J connectivity index is 1.91. The zero-order chi connectivity index (χ0) is 20.8. The molecule has 0 bridgehead atoms. The number of nitrogens with two attached hydrogens (primary N) is 1. The molecule has 0 fully saturated rings. The number of unbranched alkanes of at least 4 members (excludes halogenated alkanes) is 2. The maximum Gasteiger partial charge on any atom is 0.257 e. The second-order valence-corrected chi connectivity index (χ2v) is 7.53. The largest absolute Gasteiger partial charge is 0.384 e. The number of nitrogen functional groups attached to an aromatic ring is 1. The molecular formula is C22H31N5O2. The van der Waals surface area contributed by atoms with Crippen LogP contribution in [0.5, 0.6) is 0 Å². The van der Waals surface area contributed by atoms with Crippen molar-refractivity contribution >= 4 is 33.9 Å². The number of hydrogen-bond acceptors (Lipinski definition) is 5. The third-order valence-electron chi connectivity index (χ3n) is 4.86. The van der Waals surface area contributed by atoms with Crippen molar-refractivity contribution in [3.05, 3.63) is 29.8 Å². The highest BCUT2D eigenvalue weighted by Gasteiger charge is 2.23. The summed E-state index contributed by atoms with van der Waals surface area (Å²) < 4.78 is 7.46. The van der Waals surface area contributed by atoms with Crippen LogP contribution in [-0.2, 0) is 11.3 Å². The summed E-state index contributed by atoms with van der Waals surface area (Å²) in [5, 5.41) is 2.95. The van der Waals surface area contributed by atoms with Crippen molar-refractivity contribution in [2.45, 2.75) is 59.1 Å². The van der Waals surface area contributed by atoms with E-state index in [4.69, 9.17) is 20.4 Å². The molecule has 3 N–H and O–H groups in total. The fourth-order valence-electron chi connectivity index (χ4n) is 3.37. The zero-order valence-corrected chi connectivity index (χ0v) is 17.6. The van der Waals surface area contributed by atoms with Crippen LogP contribution >= 0.6 is 0 Å². The van der Waals surface area contributed by atoms with Crippen molar-refractivity contribution in [3.63, 3.8) is 0 Å². The highest BCUT2D eigenvalue weighted by atomic mass is 16.5. The third kappa shape index (κ3) is 4.85. The van der Waals surface area contributed by atoms with E-state index in [0.717, 1.165) is 43.3 Å². The Morgan fingerprint density at radius 2 is 1.90 bits per heavy atom. The average Bonchev–Trinajstić information content (AvgIpc) is 2.96. The summed E-state index contributed by atoms with van der Waals surface area (Å²) in [6.45, 7) is 8.00. The second kappa shape index (κ2) is 9.69. The normalized spacial score (nSPS) is 11.6. The van der Waals surface area contributed by atoms with E-state index in [9.17, 15) is 4.79 Å². The maximum absolute atomic E-state index is 12.9. The summed E-state index contributed by atoms with van der Waals surface area (Å²) in [6, 6.07) is 7.68. The lowest BCUT2D eigenvalue weighted by Crippen LogP contribution is -2.26. The van der Waals surface area contributed by atoms with Gasteiger partial charge in [0.25, 0.3) is 5.91 Å². The van der Waals surface area contributed by atoms with E-state index in [1.165, 1.54) is 0 Å². The number of aromatic nitrogens is 3. The number of aryl methyl sites for hydroxylation is 1. The molecule has 3 rings (SSSR count). The first-order valence-electron chi connectivity index (χ1n) is 10.5. The third-order valence-corrected chi connectivity index (χ3v) is 4.86. The van der Waals surface area contributed by atoms with Gasteiger partial charge in [-0.25, -0.2) is 9.97 Å². The summed E-state index contributed by atoms with van der Waals surface area (Å²) in [7, 11) is 0. The van der Waals surface area contributed by atoms with Gasteiger partial charge in [0, 0.05) is 19.7 Å². The molecule has 0 saturated heterocycles. The molecular weight excluding hydrogens is 366 g/mol.